The van der Waals surface area contributed by atoms with Gasteiger partial charge in [0, 0.05) is 17.8 Å². The molecule has 0 amide bonds. The van der Waals surface area contributed by atoms with Gasteiger partial charge in [-0.15, -0.1) is 10.2 Å². The predicted molar refractivity (Wildman–Crippen MR) is 71.5 cm³/mol. The molecule has 19 heavy (non-hydrogen) atoms. The Balaban J connectivity index is 2.44. The number of hydrazine groups is 1. The lowest BCUT2D eigenvalue weighted by atomic mass is 10.1. The molecule has 0 unspecified atom stereocenters. The smallest absolute Gasteiger partial charge is 0.233 e. The van der Waals surface area contributed by atoms with Gasteiger partial charge in [-0.1, -0.05) is 13.8 Å². The molecular formula is C12H16N6O. The fourth-order valence-electron chi connectivity index (χ4n) is 1.50. The van der Waals surface area contributed by atoms with Gasteiger partial charge in [0.15, 0.2) is 5.82 Å². The molecule has 100 valence electrons. The number of nitrogens with two attached hydrogens (primary N) is 1. The van der Waals surface area contributed by atoms with E-state index in [1.165, 1.54) is 7.11 Å². The molecule has 0 saturated carbocycles. The maximum absolute atomic E-state index is 5.42. The van der Waals surface area contributed by atoms with Crippen molar-refractivity contribution in [2.45, 2.75) is 19.8 Å². The second-order valence-electron chi connectivity index (χ2n) is 4.26. The Morgan fingerprint density at radius 1 is 1.21 bits per heavy atom. The van der Waals surface area contributed by atoms with Crippen molar-refractivity contribution in [3.05, 3.63) is 23.9 Å². The van der Waals surface area contributed by atoms with Gasteiger partial charge in [0.05, 0.1) is 7.11 Å². The molecule has 0 aliphatic carbocycles. The molecule has 0 spiro atoms. The van der Waals surface area contributed by atoms with Crippen LogP contribution in [0.25, 0.3) is 11.5 Å². The number of rotatable bonds is 4. The van der Waals surface area contributed by atoms with Gasteiger partial charge >= 0.3 is 0 Å². The summed E-state index contributed by atoms with van der Waals surface area (Å²) in [6.45, 7) is 4.10. The summed E-state index contributed by atoms with van der Waals surface area (Å²) in [6, 6.07) is 5.28. The Morgan fingerprint density at radius 3 is 2.53 bits per heavy atom. The van der Waals surface area contributed by atoms with Crippen LogP contribution in [0.5, 0.6) is 5.88 Å². The van der Waals surface area contributed by atoms with E-state index in [1.54, 1.807) is 12.1 Å². The van der Waals surface area contributed by atoms with E-state index in [1.807, 2.05) is 19.9 Å². The molecule has 0 bridgehead atoms. The van der Waals surface area contributed by atoms with Gasteiger partial charge in [0.25, 0.3) is 0 Å². The average molecular weight is 260 g/mol. The summed E-state index contributed by atoms with van der Waals surface area (Å²) in [6.07, 6.45) is 0. The fourth-order valence-corrected chi connectivity index (χ4v) is 1.50. The molecule has 2 rings (SSSR count). The summed E-state index contributed by atoms with van der Waals surface area (Å²) in [5, 5.41) is 7.93. The summed E-state index contributed by atoms with van der Waals surface area (Å²) in [4.78, 5) is 8.73. The van der Waals surface area contributed by atoms with Crippen molar-refractivity contribution in [3.8, 4) is 17.4 Å². The lowest BCUT2D eigenvalue weighted by Crippen LogP contribution is -2.11. The summed E-state index contributed by atoms with van der Waals surface area (Å²) in [7, 11) is 1.54. The normalized spacial score (nSPS) is 10.6. The molecule has 2 aromatic heterocycles. The van der Waals surface area contributed by atoms with Crippen LogP contribution in [-0.4, -0.2) is 27.3 Å². The van der Waals surface area contributed by atoms with Crippen molar-refractivity contribution in [1.82, 2.24) is 20.2 Å². The lowest BCUT2D eigenvalue weighted by Gasteiger charge is -2.09. The van der Waals surface area contributed by atoms with Gasteiger partial charge in [-0.3, -0.25) is 0 Å². The third-order valence-corrected chi connectivity index (χ3v) is 2.56. The Kier molecular flexibility index (Phi) is 3.86. The molecule has 0 aliphatic rings. The standard InChI is InChI=1S/C12H16N6O/c1-7(2)9-6-10(16-13)15-12(14-9)8-4-5-11(19-3)18-17-8/h4-7H,13H2,1-3H3,(H,14,15,16). The maximum atomic E-state index is 5.42. The first kappa shape index (κ1) is 13.2. The highest BCUT2D eigenvalue weighted by molar-refractivity contribution is 5.52. The predicted octanol–water partition coefficient (Wildman–Crippen LogP) is 1.35. The molecule has 2 aromatic rings. The molecule has 3 N–H and O–H groups in total. The average Bonchev–Trinajstić information content (AvgIpc) is 2.46. The van der Waals surface area contributed by atoms with E-state index >= 15 is 0 Å². The summed E-state index contributed by atoms with van der Waals surface area (Å²) in [5.41, 5.74) is 3.98. The van der Waals surface area contributed by atoms with Crippen LogP contribution in [0.1, 0.15) is 25.5 Å². The van der Waals surface area contributed by atoms with Gasteiger partial charge in [0.1, 0.15) is 11.5 Å². The number of hydrogen-bond donors (Lipinski definition) is 2. The van der Waals surface area contributed by atoms with Crippen molar-refractivity contribution in [2.75, 3.05) is 12.5 Å². The van der Waals surface area contributed by atoms with Gasteiger partial charge < -0.3 is 10.2 Å². The molecule has 0 aliphatic heterocycles. The zero-order valence-corrected chi connectivity index (χ0v) is 11.1. The Hall–Kier alpha value is -2.28. The Morgan fingerprint density at radius 2 is 2.00 bits per heavy atom. The molecular weight excluding hydrogens is 244 g/mol. The number of nitrogens with one attached hydrogen (secondary N) is 1. The van der Waals surface area contributed by atoms with E-state index in [0.29, 0.717) is 23.2 Å². The minimum atomic E-state index is 0.264. The minimum absolute atomic E-state index is 0.264. The van der Waals surface area contributed by atoms with Gasteiger partial charge in [-0.25, -0.2) is 15.8 Å². The maximum Gasteiger partial charge on any atom is 0.233 e. The second-order valence-corrected chi connectivity index (χ2v) is 4.26. The van der Waals surface area contributed by atoms with Gasteiger partial charge in [-0.2, -0.15) is 0 Å². The van der Waals surface area contributed by atoms with Crippen LogP contribution in [-0.2, 0) is 0 Å². The van der Waals surface area contributed by atoms with Crippen molar-refractivity contribution in [2.24, 2.45) is 5.84 Å². The largest absolute Gasteiger partial charge is 0.480 e. The molecule has 0 radical (unpaired) electrons. The van der Waals surface area contributed by atoms with Crippen LogP contribution >= 0.6 is 0 Å². The van der Waals surface area contributed by atoms with E-state index in [0.717, 1.165) is 5.69 Å². The van der Waals surface area contributed by atoms with Crippen molar-refractivity contribution >= 4 is 5.82 Å². The summed E-state index contributed by atoms with van der Waals surface area (Å²) in [5.74, 6) is 7.15. The minimum Gasteiger partial charge on any atom is -0.480 e. The molecule has 0 aromatic carbocycles. The molecule has 2 heterocycles. The Bertz CT molecular complexity index is 555. The van der Waals surface area contributed by atoms with Crippen LogP contribution in [0.4, 0.5) is 5.82 Å². The second kappa shape index (κ2) is 5.57. The first-order chi connectivity index (χ1) is 9.13. The highest BCUT2D eigenvalue weighted by Crippen LogP contribution is 2.20. The number of hydrogen-bond acceptors (Lipinski definition) is 7. The zero-order valence-electron chi connectivity index (χ0n) is 11.1. The number of nitrogen functional groups attached to an aromatic ring is 1. The summed E-state index contributed by atoms with van der Waals surface area (Å²) < 4.78 is 4.97. The number of ether oxygens (including phenoxy) is 1. The highest BCUT2D eigenvalue weighted by atomic mass is 16.5. The van der Waals surface area contributed by atoms with Crippen LogP contribution in [0.15, 0.2) is 18.2 Å². The third kappa shape index (κ3) is 2.94. The van der Waals surface area contributed by atoms with Crippen LogP contribution in [0.3, 0.4) is 0 Å². The first-order valence-corrected chi connectivity index (χ1v) is 5.87. The van der Waals surface area contributed by atoms with Gasteiger partial charge in [-0.05, 0) is 12.0 Å². The van der Waals surface area contributed by atoms with Crippen molar-refractivity contribution in [3.63, 3.8) is 0 Å². The third-order valence-electron chi connectivity index (χ3n) is 2.56. The van der Waals surface area contributed by atoms with Crippen molar-refractivity contribution in [1.29, 1.82) is 0 Å². The Labute approximate surface area is 111 Å². The highest BCUT2D eigenvalue weighted by Gasteiger charge is 2.10. The lowest BCUT2D eigenvalue weighted by molar-refractivity contribution is 0.392. The van der Waals surface area contributed by atoms with E-state index in [9.17, 15) is 0 Å². The number of methoxy groups -OCH3 is 1. The number of anilines is 1. The first-order valence-electron chi connectivity index (χ1n) is 5.87. The molecule has 0 saturated heterocycles. The SMILES string of the molecule is COc1ccc(-c2nc(NN)cc(C(C)C)n2)nn1. The number of nitrogens with zero attached hydrogens (tertiary/aromatic N) is 4. The van der Waals surface area contributed by atoms with Crippen LogP contribution in [0.2, 0.25) is 0 Å². The molecule has 0 atom stereocenters. The fraction of sp³-hybridized carbons (Fsp3) is 0.333. The topological polar surface area (TPSA) is 98.8 Å². The van der Waals surface area contributed by atoms with E-state index in [-0.39, 0.29) is 5.92 Å². The molecule has 7 heteroatoms. The van der Waals surface area contributed by atoms with Crippen LogP contribution < -0.4 is 16.0 Å². The number of aromatic nitrogens is 4. The van der Waals surface area contributed by atoms with Crippen LogP contribution in [0, 0.1) is 0 Å². The van der Waals surface area contributed by atoms with Crippen molar-refractivity contribution < 1.29 is 4.74 Å². The van der Waals surface area contributed by atoms with E-state index < -0.39 is 0 Å². The van der Waals surface area contributed by atoms with Gasteiger partial charge in [0.2, 0.25) is 5.88 Å². The summed E-state index contributed by atoms with van der Waals surface area (Å²) >= 11 is 0. The molecule has 7 nitrogen and oxygen atoms in total. The monoisotopic (exact) mass is 260 g/mol. The molecule has 0 fully saturated rings. The van der Waals surface area contributed by atoms with E-state index in [2.05, 4.69) is 25.6 Å². The zero-order chi connectivity index (χ0) is 13.8. The quantitative estimate of drug-likeness (QED) is 0.632. The van der Waals surface area contributed by atoms with E-state index in [4.69, 9.17) is 10.6 Å².